The molecule has 0 aliphatic carbocycles. The number of nitrogens with two attached hydrogens (primary N) is 1. The maximum Gasteiger partial charge on any atom is 0.106 e. The second-order valence-electron chi connectivity index (χ2n) is 2.76. The molecule has 3 N–H and O–H groups in total. The molecule has 0 aliphatic heterocycles. The molecule has 13 heavy (non-hydrogen) atoms. The van der Waals surface area contributed by atoms with Crippen LogP contribution in [0.1, 0.15) is 38.2 Å². The van der Waals surface area contributed by atoms with Gasteiger partial charge in [-0.3, -0.25) is 0 Å². The lowest BCUT2D eigenvalue weighted by Crippen LogP contribution is -1.99. The highest BCUT2D eigenvalue weighted by Gasteiger charge is 1.95. The number of aryl methyl sites for hydroxylation is 2. The Balaban J connectivity index is 0.000000671. The number of hydrogen-bond acceptors (Lipinski definition) is 2. The summed E-state index contributed by atoms with van der Waals surface area (Å²) in [4.78, 5) is 7.37. The highest BCUT2D eigenvalue weighted by molar-refractivity contribution is 4.98. The summed E-state index contributed by atoms with van der Waals surface area (Å²) in [6, 6.07) is 0. The van der Waals surface area contributed by atoms with Gasteiger partial charge >= 0.3 is 0 Å². The molecule has 1 aromatic rings. The minimum Gasteiger partial charge on any atom is -0.346 e. The Bertz CT molecular complexity index is 206. The molecule has 0 amide bonds. The SMILES string of the molecule is CC.Cc1cnc(CCCCN)[nH]1. The van der Waals surface area contributed by atoms with Crippen molar-refractivity contribution in [2.24, 2.45) is 5.73 Å². The number of hydrogen-bond donors (Lipinski definition) is 2. The molecule has 3 heteroatoms. The van der Waals surface area contributed by atoms with Gasteiger partial charge < -0.3 is 10.7 Å². The molecule has 1 heterocycles. The van der Waals surface area contributed by atoms with Gasteiger partial charge in [-0.2, -0.15) is 0 Å². The first kappa shape index (κ1) is 12.2. The molecular weight excluding hydrogens is 162 g/mol. The van der Waals surface area contributed by atoms with Crippen molar-refractivity contribution in [3.05, 3.63) is 17.7 Å². The summed E-state index contributed by atoms with van der Waals surface area (Å²) in [5, 5.41) is 0. The number of unbranched alkanes of at least 4 members (excludes halogenated alkanes) is 1. The van der Waals surface area contributed by atoms with Crippen molar-refractivity contribution in [2.45, 2.75) is 40.0 Å². The first-order chi connectivity index (χ1) is 6.33. The minimum absolute atomic E-state index is 0.777. The predicted molar refractivity (Wildman–Crippen MR) is 56.7 cm³/mol. The molecule has 0 fully saturated rings. The van der Waals surface area contributed by atoms with Gasteiger partial charge in [-0.15, -0.1) is 0 Å². The van der Waals surface area contributed by atoms with Gasteiger partial charge in [0, 0.05) is 18.3 Å². The molecule has 0 aromatic carbocycles. The molecule has 0 saturated carbocycles. The summed E-state index contributed by atoms with van der Waals surface area (Å²) in [6.07, 6.45) is 5.09. The van der Waals surface area contributed by atoms with E-state index in [9.17, 15) is 0 Å². The normalized spacial score (nSPS) is 9.23. The van der Waals surface area contributed by atoms with Crippen LogP contribution >= 0.6 is 0 Å². The van der Waals surface area contributed by atoms with E-state index in [4.69, 9.17) is 5.73 Å². The molecule has 0 unspecified atom stereocenters. The first-order valence-corrected chi connectivity index (χ1v) is 5.03. The van der Waals surface area contributed by atoms with Crippen LogP contribution < -0.4 is 5.73 Å². The molecule has 3 nitrogen and oxygen atoms in total. The number of H-pyrrole nitrogens is 1. The maximum atomic E-state index is 5.37. The van der Waals surface area contributed by atoms with Gasteiger partial charge in [0.15, 0.2) is 0 Å². The molecule has 76 valence electrons. The summed E-state index contributed by atoms with van der Waals surface area (Å²) in [6.45, 7) is 6.79. The lowest BCUT2D eigenvalue weighted by molar-refractivity contribution is 0.722. The number of aromatic amines is 1. The molecular formula is C10H21N3. The van der Waals surface area contributed by atoms with E-state index in [2.05, 4.69) is 9.97 Å². The van der Waals surface area contributed by atoms with E-state index in [0.717, 1.165) is 37.3 Å². The standard InChI is InChI=1S/C8H15N3.C2H6/c1-7-6-10-8(11-7)4-2-3-5-9;1-2/h6H,2-5,9H2,1H3,(H,10,11);1-2H3. The van der Waals surface area contributed by atoms with Gasteiger partial charge in [0.25, 0.3) is 0 Å². The van der Waals surface area contributed by atoms with Crippen LogP contribution in [0.25, 0.3) is 0 Å². The smallest absolute Gasteiger partial charge is 0.106 e. The summed E-state index contributed by atoms with van der Waals surface area (Å²) in [7, 11) is 0. The maximum absolute atomic E-state index is 5.37. The average molecular weight is 183 g/mol. The number of nitrogens with zero attached hydrogens (tertiary/aromatic N) is 1. The molecule has 0 saturated heterocycles. The molecule has 0 atom stereocenters. The molecule has 1 aromatic heterocycles. The van der Waals surface area contributed by atoms with Gasteiger partial charge in [0.05, 0.1) is 0 Å². The molecule has 0 bridgehead atoms. The van der Waals surface area contributed by atoms with Crippen LogP contribution in [-0.2, 0) is 6.42 Å². The van der Waals surface area contributed by atoms with Crippen LogP contribution in [0.4, 0.5) is 0 Å². The van der Waals surface area contributed by atoms with E-state index in [1.54, 1.807) is 0 Å². The third-order valence-electron chi connectivity index (χ3n) is 1.62. The van der Waals surface area contributed by atoms with Crippen molar-refractivity contribution in [3.8, 4) is 0 Å². The Kier molecular flexibility index (Phi) is 7.30. The molecule has 1 rings (SSSR count). The van der Waals surface area contributed by atoms with Gasteiger partial charge in [0.1, 0.15) is 5.82 Å². The lowest BCUT2D eigenvalue weighted by Gasteiger charge is -1.94. The van der Waals surface area contributed by atoms with Crippen LogP contribution in [0.3, 0.4) is 0 Å². The zero-order chi connectivity index (χ0) is 10.1. The van der Waals surface area contributed by atoms with E-state index in [-0.39, 0.29) is 0 Å². The monoisotopic (exact) mass is 183 g/mol. The van der Waals surface area contributed by atoms with E-state index in [1.165, 1.54) is 0 Å². The number of nitrogens with one attached hydrogen (secondary N) is 1. The minimum atomic E-state index is 0.777. The van der Waals surface area contributed by atoms with Crippen LogP contribution in [0.2, 0.25) is 0 Å². The number of aromatic nitrogens is 2. The van der Waals surface area contributed by atoms with Crippen molar-refractivity contribution < 1.29 is 0 Å². The fourth-order valence-corrected chi connectivity index (χ4v) is 1.03. The highest BCUT2D eigenvalue weighted by Crippen LogP contribution is 1.99. The summed E-state index contributed by atoms with van der Waals surface area (Å²) >= 11 is 0. The third kappa shape index (κ3) is 5.42. The Labute approximate surface area is 80.8 Å². The fraction of sp³-hybridized carbons (Fsp3) is 0.700. The quantitative estimate of drug-likeness (QED) is 0.702. The molecule has 0 spiro atoms. The van der Waals surface area contributed by atoms with Crippen LogP contribution in [-0.4, -0.2) is 16.5 Å². The van der Waals surface area contributed by atoms with Crippen molar-refractivity contribution >= 4 is 0 Å². The largest absolute Gasteiger partial charge is 0.346 e. The van der Waals surface area contributed by atoms with Crippen LogP contribution in [0.15, 0.2) is 6.20 Å². The van der Waals surface area contributed by atoms with E-state index < -0.39 is 0 Å². The Morgan fingerprint density at radius 2 is 2.08 bits per heavy atom. The molecule has 0 radical (unpaired) electrons. The third-order valence-corrected chi connectivity index (χ3v) is 1.62. The van der Waals surface area contributed by atoms with Crippen LogP contribution in [0.5, 0.6) is 0 Å². The lowest BCUT2D eigenvalue weighted by atomic mass is 10.2. The van der Waals surface area contributed by atoms with Crippen LogP contribution in [0, 0.1) is 6.92 Å². The second-order valence-corrected chi connectivity index (χ2v) is 2.76. The Morgan fingerprint density at radius 3 is 2.54 bits per heavy atom. The highest BCUT2D eigenvalue weighted by atomic mass is 14.9. The van der Waals surface area contributed by atoms with Gasteiger partial charge in [-0.05, 0) is 26.3 Å². The summed E-state index contributed by atoms with van der Waals surface area (Å²) in [5.74, 6) is 1.08. The van der Waals surface area contributed by atoms with Gasteiger partial charge in [0.2, 0.25) is 0 Å². The first-order valence-electron chi connectivity index (χ1n) is 5.03. The molecule has 0 aliphatic rings. The van der Waals surface area contributed by atoms with E-state index >= 15 is 0 Å². The second kappa shape index (κ2) is 7.80. The van der Waals surface area contributed by atoms with Gasteiger partial charge in [-0.1, -0.05) is 13.8 Å². The average Bonchev–Trinajstić information content (AvgIpc) is 2.56. The van der Waals surface area contributed by atoms with Gasteiger partial charge in [-0.25, -0.2) is 4.98 Å². The number of rotatable bonds is 4. The van der Waals surface area contributed by atoms with Crippen molar-refractivity contribution in [1.82, 2.24) is 9.97 Å². The summed E-state index contributed by atoms with van der Waals surface area (Å²) < 4.78 is 0. The van der Waals surface area contributed by atoms with E-state index in [1.807, 2.05) is 27.0 Å². The zero-order valence-electron chi connectivity index (χ0n) is 8.93. The summed E-state index contributed by atoms with van der Waals surface area (Å²) in [5.41, 5.74) is 6.50. The Hall–Kier alpha value is -0.830. The van der Waals surface area contributed by atoms with Crippen molar-refractivity contribution in [1.29, 1.82) is 0 Å². The number of imidazole rings is 1. The predicted octanol–water partition coefficient (Wildman–Crippen LogP) is 2.03. The fourth-order valence-electron chi connectivity index (χ4n) is 1.03. The Morgan fingerprint density at radius 1 is 1.38 bits per heavy atom. The zero-order valence-corrected chi connectivity index (χ0v) is 8.93. The topological polar surface area (TPSA) is 54.7 Å². The van der Waals surface area contributed by atoms with Crippen molar-refractivity contribution in [3.63, 3.8) is 0 Å². The van der Waals surface area contributed by atoms with Crippen molar-refractivity contribution in [2.75, 3.05) is 6.54 Å². The van der Waals surface area contributed by atoms with E-state index in [0.29, 0.717) is 0 Å².